The summed E-state index contributed by atoms with van der Waals surface area (Å²) in [6.07, 6.45) is 1.52. The van der Waals surface area contributed by atoms with Gasteiger partial charge in [-0.05, 0) is 48.7 Å². The normalized spacial score (nSPS) is 11.2. The number of phenolic OH excluding ortho intramolecular Hbond substituents is 1. The highest BCUT2D eigenvalue weighted by Gasteiger charge is 2.14. The van der Waals surface area contributed by atoms with Crippen molar-refractivity contribution < 1.29 is 10.0 Å². The highest BCUT2D eigenvalue weighted by atomic mass is 32.1. The summed E-state index contributed by atoms with van der Waals surface area (Å²) in [5.41, 5.74) is 4.44. The smallest absolute Gasteiger partial charge is 0.311 e. The molecule has 27 heavy (non-hydrogen) atoms. The van der Waals surface area contributed by atoms with E-state index in [1.165, 1.54) is 41.2 Å². The number of benzene rings is 2. The van der Waals surface area contributed by atoms with Crippen LogP contribution in [-0.4, -0.2) is 15.0 Å². The second-order valence-corrected chi connectivity index (χ2v) is 6.87. The Morgan fingerprint density at radius 2 is 2.04 bits per heavy atom. The maximum Gasteiger partial charge on any atom is 0.311 e. The summed E-state index contributed by atoms with van der Waals surface area (Å²) >= 11 is 1.33. The number of nitriles is 1. The van der Waals surface area contributed by atoms with Gasteiger partial charge in [0.05, 0.1) is 16.2 Å². The van der Waals surface area contributed by atoms with Gasteiger partial charge in [-0.25, -0.2) is 4.98 Å². The van der Waals surface area contributed by atoms with Crippen LogP contribution in [0.2, 0.25) is 0 Å². The number of nitrogens with zero attached hydrogens (tertiary/aromatic N) is 3. The van der Waals surface area contributed by atoms with Gasteiger partial charge in [0, 0.05) is 17.0 Å². The standard InChI is InChI=1S/C20H15N3O3S/c1-12-3-5-15(7-13(12)2)17-11-27-20(22-17)16(10-21)8-14-4-6-19(24)18(9-14)23(25)26/h3-9,11,24H,1-2H3. The van der Waals surface area contributed by atoms with Crippen molar-refractivity contribution in [2.24, 2.45) is 0 Å². The molecule has 0 aliphatic rings. The zero-order chi connectivity index (χ0) is 19.6. The van der Waals surface area contributed by atoms with Crippen molar-refractivity contribution in [3.63, 3.8) is 0 Å². The van der Waals surface area contributed by atoms with E-state index in [2.05, 4.69) is 11.1 Å². The molecule has 0 radical (unpaired) electrons. The van der Waals surface area contributed by atoms with Crippen LogP contribution < -0.4 is 0 Å². The minimum Gasteiger partial charge on any atom is -0.502 e. The molecule has 0 fully saturated rings. The van der Waals surface area contributed by atoms with Gasteiger partial charge in [-0.1, -0.05) is 18.2 Å². The van der Waals surface area contributed by atoms with Crippen LogP contribution in [0.3, 0.4) is 0 Å². The zero-order valence-corrected chi connectivity index (χ0v) is 15.4. The van der Waals surface area contributed by atoms with Gasteiger partial charge in [-0.3, -0.25) is 10.1 Å². The van der Waals surface area contributed by atoms with E-state index >= 15 is 0 Å². The number of phenols is 1. The molecule has 2 aromatic carbocycles. The van der Waals surface area contributed by atoms with E-state index in [0.717, 1.165) is 16.8 Å². The third kappa shape index (κ3) is 3.86. The van der Waals surface area contributed by atoms with Crippen molar-refractivity contribution in [2.45, 2.75) is 13.8 Å². The van der Waals surface area contributed by atoms with E-state index in [9.17, 15) is 20.5 Å². The molecular weight excluding hydrogens is 362 g/mol. The van der Waals surface area contributed by atoms with Crippen molar-refractivity contribution in [1.82, 2.24) is 4.98 Å². The van der Waals surface area contributed by atoms with Crippen LogP contribution >= 0.6 is 11.3 Å². The molecule has 0 spiro atoms. The lowest BCUT2D eigenvalue weighted by Crippen LogP contribution is -1.89. The fourth-order valence-corrected chi connectivity index (χ4v) is 3.31. The average molecular weight is 377 g/mol. The molecule has 0 saturated heterocycles. The van der Waals surface area contributed by atoms with E-state index in [4.69, 9.17) is 0 Å². The maximum absolute atomic E-state index is 11.0. The van der Waals surface area contributed by atoms with Gasteiger partial charge in [0.15, 0.2) is 5.75 Å². The summed E-state index contributed by atoms with van der Waals surface area (Å²) in [5, 5.41) is 32.4. The van der Waals surface area contributed by atoms with E-state index < -0.39 is 16.4 Å². The lowest BCUT2D eigenvalue weighted by molar-refractivity contribution is -0.385. The molecule has 7 heteroatoms. The van der Waals surface area contributed by atoms with Gasteiger partial charge in [0.1, 0.15) is 11.1 Å². The van der Waals surface area contributed by atoms with Crippen molar-refractivity contribution in [3.8, 4) is 23.1 Å². The molecular formula is C20H15N3O3S. The number of nitro groups is 1. The predicted molar refractivity (Wildman–Crippen MR) is 105 cm³/mol. The number of thiazole rings is 1. The Bertz CT molecular complexity index is 1110. The van der Waals surface area contributed by atoms with Crippen LogP contribution in [0.15, 0.2) is 41.8 Å². The predicted octanol–water partition coefficient (Wildman–Crippen LogP) is 5.10. The largest absolute Gasteiger partial charge is 0.502 e. The second-order valence-electron chi connectivity index (χ2n) is 6.01. The Balaban J connectivity index is 1.97. The number of rotatable bonds is 4. The Morgan fingerprint density at radius 3 is 2.70 bits per heavy atom. The molecule has 1 aromatic heterocycles. The van der Waals surface area contributed by atoms with Gasteiger partial charge in [0.2, 0.25) is 0 Å². The van der Waals surface area contributed by atoms with Gasteiger partial charge >= 0.3 is 5.69 Å². The first kappa shape index (κ1) is 18.3. The summed E-state index contributed by atoms with van der Waals surface area (Å²) in [4.78, 5) is 14.8. The number of nitro benzene ring substituents is 1. The van der Waals surface area contributed by atoms with Crippen LogP contribution in [-0.2, 0) is 0 Å². The first-order valence-corrected chi connectivity index (χ1v) is 8.89. The van der Waals surface area contributed by atoms with E-state index in [0.29, 0.717) is 16.1 Å². The minimum atomic E-state index is -0.667. The summed E-state index contributed by atoms with van der Waals surface area (Å²) in [7, 11) is 0. The van der Waals surface area contributed by atoms with Crippen molar-refractivity contribution in [2.75, 3.05) is 0 Å². The SMILES string of the molecule is Cc1ccc(-c2csc(C(C#N)=Cc3ccc(O)c([N+](=O)[O-])c3)n2)cc1C. The van der Waals surface area contributed by atoms with E-state index in [-0.39, 0.29) is 0 Å². The lowest BCUT2D eigenvalue weighted by atomic mass is 10.1. The molecule has 3 aromatic rings. The maximum atomic E-state index is 11.0. The molecule has 0 bridgehead atoms. The molecule has 3 rings (SSSR count). The van der Waals surface area contributed by atoms with Gasteiger partial charge < -0.3 is 5.11 Å². The molecule has 0 saturated carbocycles. The fraction of sp³-hybridized carbons (Fsp3) is 0.100. The quantitative estimate of drug-likeness (QED) is 0.387. The number of aromatic nitrogens is 1. The molecule has 0 unspecified atom stereocenters. The monoisotopic (exact) mass is 377 g/mol. The summed E-state index contributed by atoms with van der Waals surface area (Å²) < 4.78 is 0. The zero-order valence-electron chi connectivity index (χ0n) is 14.6. The first-order valence-electron chi connectivity index (χ1n) is 8.02. The van der Waals surface area contributed by atoms with Crippen molar-refractivity contribution >= 4 is 28.7 Å². The van der Waals surface area contributed by atoms with Crippen molar-refractivity contribution in [3.05, 3.63) is 73.6 Å². The first-order chi connectivity index (χ1) is 12.9. The number of aryl methyl sites for hydroxylation is 2. The summed E-state index contributed by atoms with van der Waals surface area (Å²) in [6.45, 7) is 4.07. The van der Waals surface area contributed by atoms with Gasteiger partial charge in [0.25, 0.3) is 0 Å². The fourth-order valence-electron chi connectivity index (χ4n) is 2.52. The molecule has 1 N–H and O–H groups in total. The molecule has 134 valence electrons. The molecule has 1 heterocycles. The molecule has 6 nitrogen and oxygen atoms in total. The lowest BCUT2D eigenvalue weighted by Gasteiger charge is -2.02. The number of hydrogen-bond acceptors (Lipinski definition) is 6. The highest BCUT2D eigenvalue weighted by molar-refractivity contribution is 7.11. The van der Waals surface area contributed by atoms with E-state index in [1.807, 2.05) is 37.4 Å². The molecule has 0 amide bonds. The average Bonchev–Trinajstić information content (AvgIpc) is 3.13. The Morgan fingerprint density at radius 1 is 1.26 bits per heavy atom. The minimum absolute atomic E-state index is 0.301. The number of allylic oxidation sites excluding steroid dienone is 1. The van der Waals surface area contributed by atoms with E-state index in [1.54, 1.807) is 0 Å². The molecule has 0 atom stereocenters. The number of aromatic hydroxyl groups is 1. The van der Waals surface area contributed by atoms with Gasteiger partial charge in [-0.2, -0.15) is 5.26 Å². The summed E-state index contributed by atoms with van der Waals surface area (Å²) in [6, 6.07) is 12.1. The molecule has 0 aliphatic heterocycles. The van der Waals surface area contributed by atoms with Crippen LogP contribution in [0.5, 0.6) is 5.75 Å². The van der Waals surface area contributed by atoms with Gasteiger partial charge in [-0.15, -0.1) is 11.3 Å². The Kier molecular flexibility index (Phi) is 5.01. The summed E-state index contributed by atoms with van der Waals surface area (Å²) in [5.74, 6) is -0.415. The topological polar surface area (TPSA) is 100 Å². The second kappa shape index (κ2) is 7.40. The van der Waals surface area contributed by atoms with Crippen LogP contribution in [0.1, 0.15) is 21.7 Å². The Hall–Kier alpha value is -3.50. The third-order valence-electron chi connectivity index (χ3n) is 4.16. The van der Waals surface area contributed by atoms with Crippen LogP contribution in [0.4, 0.5) is 5.69 Å². The third-order valence-corrected chi connectivity index (χ3v) is 5.04. The number of hydrogen-bond donors (Lipinski definition) is 1. The van der Waals surface area contributed by atoms with Crippen LogP contribution in [0, 0.1) is 35.3 Å². The van der Waals surface area contributed by atoms with Crippen LogP contribution in [0.25, 0.3) is 22.9 Å². The Labute approximate surface area is 159 Å². The molecule has 0 aliphatic carbocycles. The van der Waals surface area contributed by atoms with Crippen molar-refractivity contribution in [1.29, 1.82) is 5.26 Å². The highest BCUT2D eigenvalue weighted by Crippen LogP contribution is 2.31.